The molecule has 1 saturated carbocycles. The Labute approximate surface area is 141 Å². The molecule has 5 nitrogen and oxygen atoms in total. The van der Waals surface area contributed by atoms with Gasteiger partial charge in [-0.3, -0.25) is 4.79 Å². The number of carbonyl (C=O) groups is 1. The lowest BCUT2D eigenvalue weighted by atomic mass is 9.99. The highest BCUT2D eigenvalue weighted by Crippen LogP contribution is 2.41. The highest BCUT2D eigenvalue weighted by atomic mass is 16.5. The van der Waals surface area contributed by atoms with Crippen LogP contribution in [0.1, 0.15) is 72.8 Å². The summed E-state index contributed by atoms with van der Waals surface area (Å²) in [6.45, 7) is 0.801. The van der Waals surface area contributed by atoms with Gasteiger partial charge < -0.3 is 9.42 Å². The Bertz CT molecular complexity index is 780. The van der Waals surface area contributed by atoms with E-state index in [4.69, 9.17) is 4.52 Å². The van der Waals surface area contributed by atoms with Crippen LogP contribution in [-0.2, 0) is 11.2 Å². The summed E-state index contributed by atoms with van der Waals surface area (Å²) in [6, 6.07) is 8.33. The number of rotatable bonds is 3. The van der Waals surface area contributed by atoms with Crippen LogP contribution in [0.5, 0.6) is 0 Å². The molecule has 24 heavy (non-hydrogen) atoms. The lowest BCUT2D eigenvalue weighted by Gasteiger charge is -2.25. The third-order valence-electron chi connectivity index (χ3n) is 5.65. The Morgan fingerprint density at radius 3 is 2.92 bits per heavy atom. The van der Waals surface area contributed by atoms with Crippen molar-refractivity contribution in [3.63, 3.8) is 0 Å². The Morgan fingerprint density at radius 2 is 2.04 bits per heavy atom. The molecule has 1 aliphatic heterocycles. The van der Waals surface area contributed by atoms with E-state index in [-0.39, 0.29) is 17.9 Å². The lowest BCUT2D eigenvalue weighted by molar-refractivity contribution is -0.133. The number of carbonyl (C=O) groups excluding carboxylic acids is 1. The zero-order valence-corrected chi connectivity index (χ0v) is 13.6. The Morgan fingerprint density at radius 1 is 1.17 bits per heavy atom. The first kappa shape index (κ1) is 14.2. The monoisotopic (exact) mass is 323 g/mol. The van der Waals surface area contributed by atoms with Gasteiger partial charge in [0.1, 0.15) is 0 Å². The number of nitrogens with zero attached hydrogens (tertiary/aromatic N) is 3. The minimum absolute atomic E-state index is 0.00314. The minimum atomic E-state index is -0.0125. The van der Waals surface area contributed by atoms with E-state index < -0.39 is 0 Å². The zero-order chi connectivity index (χ0) is 16.1. The molecule has 1 amide bonds. The van der Waals surface area contributed by atoms with Crippen molar-refractivity contribution in [2.75, 3.05) is 6.54 Å². The van der Waals surface area contributed by atoms with E-state index in [1.807, 2.05) is 11.0 Å². The van der Waals surface area contributed by atoms with Crippen LogP contribution in [0.2, 0.25) is 0 Å². The maximum Gasteiger partial charge on any atom is 0.230 e. The number of hydrogen-bond donors (Lipinski definition) is 0. The van der Waals surface area contributed by atoms with Gasteiger partial charge in [0.25, 0.3) is 0 Å². The van der Waals surface area contributed by atoms with Crippen molar-refractivity contribution < 1.29 is 9.32 Å². The molecular formula is C19H21N3O2. The van der Waals surface area contributed by atoms with Crippen molar-refractivity contribution in [2.24, 2.45) is 0 Å². The number of aromatic nitrogens is 2. The van der Waals surface area contributed by atoms with Crippen LogP contribution < -0.4 is 0 Å². The van der Waals surface area contributed by atoms with E-state index in [1.165, 1.54) is 11.1 Å². The molecule has 2 heterocycles. The molecule has 5 rings (SSSR count). The van der Waals surface area contributed by atoms with Gasteiger partial charge in [-0.2, -0.15) is 4.98 Å². The summed E-state index contributed by atoms with van der Waals surface area (Å²) in [5.41, 5.74) is 2.53. The Balaban J connectivity index is 1.40. The van der Waals surface area contributed by atoms with Crippen LogP contribution in [0.3, 0.4) is 0 Å². The largest absolute Gasteiger partial charge is 0.339 e. The second kappa shape index (κ2) is 5.43. The average Bonchev–Trinajstić information content (AvgIpc) is 3.06. The molecule has 1 saturated heterocycles. The molecule has 0 unspecified atom stereocenters. The quantitative estimate of drug-likeness (QED) is 0.869. The molecule has 0 radical (unpaired) electrons. The van der Waals surface area contributed by atoms with Crippen molar-refractivity contribution in [2.45, 2.75) is 56.4 Å². The fraction of sp³-hybridized carbons (Fsp3) is 0.526. The summed E-state index contributed by atoms with van der Waals surface area (Å²) in [5.74, 6) is 2.15. The van der Waals surface area contributed by atoms with Gasteiger partial charge in [0.15, 0.2) is 5.82 Å². The van der Waals surface area contributed by atoms with Crippen LogP contribution in [0.25, 0.3) is 0 Å². The highest BCUT2D eigenvalue weighted by Gasteiger charge is 2.40. The number of amides is 1. The minimum Gasteiger partial charge on any atom is -0.339 e. The number of benzene rings is 1. The number of hydrogen-bond acceptors (Lipinski definition) is 4. The fourth-order valence-electron chi connectivity index (χ4n) is 4.19. The van der Waals surface area contributed by atoms with Crippen molar-refractivity contribution in [1.29, 1.82) is 0 Å². The molecule has 0 bridgehead atoms. The van der Waals surface area contributed by atoms with E-state index in [2.05, 4.69) is 28.3 Å². The first-order valence-electron chi connectivity index (χ1n) is 9.03. The Hall–Kier alpha value is -2.17. The van der Waals surface area contributed by atoms with Crippen LogP contribution in [0.15, 0.2) is 28.8 Å². The van der Waals surface area contributed by atoms with E-state index in [1.54, 1.807) is 0 Å². The van der Waals surface area contributed by atoms with E-state index >= 15 is 0 Å². The summed E-state index contributed by atoms with van der Waals surface area (Å²) in [7, 11) is 0. The summed E-state index contributed by atoms with van der Waals surface area (Å²) in [5, 5.41) is 4.18. The second-order valence-corrected chi connectivity index (χ2v) is 7.24. The molecular weight excluding hydrogens is 302 g/mol. The molecule has 2 fully saturated rings. The molecule has 1 aromatic carbocycles. The standard InChI is InChI=1S/C19H21N3O2/c23-19(15-10-9-12-4-1-2-5-14(12)15)22-11-3-6-16(22)17-20-18(24-21-17)13-7-8-13/h1-2,4-5,13,15-16H,3,6-11H2/t15-,16-/m0/s1. The number of likely N-dealkylation sites (tertiary alicyclic amines) is 1. The van der Waals surface area contributed by atoms with E-state index in [0.717, 1.165) is 51.0 Å². The normalized spacial score (nSPS) is 25.9. The summed E-state index contributed by atoms with van der Waals surface area (Å²) in [6.07, 6.45) is 6.16. The average molecular weight is 323 g/mol. The predicted octanol–water partition coefficient (Wildman–Crippen LogP) is 3.34. The first-order valence-corrected chi connectivity index (χ1v) is 9.03. The molecule has 0 spiro atoms. The summed E-state index contributed by atoms with van der Waals surface area (Å²) < 4.78 is 5.41. The third kappa shape index (κ3) is 2.26. The molecule has 124 valence electrons. The highest BCUT2D eigenvalue weighted by molar-refractivity contribution is 5.85. The summed E-state index contributed by atoms with van der Waals surface area (Å²) in [4.78, 5) is 19.8. The summed E-state index contributed by atoms with van der Waals surface area (Å²) >= 11 is 0. The SMILES string of the molecule is O=C([C@H]1CCc2ccccc21)N1CCC[C@H]1c1noc(C2CC2)n1. The second-order valence-electron chi connectivity index (χ2n) is 7.24. The van der Waals surface area contributed by atoms with Gasteiger partial charge in [0, 0.05) is 12.5 Å². The van der Waals surface area contributed by atoms with E-state index in [9.17, 15) is 4.79 Å². The van der Waals surface area contributed by atoms with Gasteiger partial charge in [-0.05, 0) is 49.7 Å². The molecule has 5 heteroatoms. The van der Waals surface area contributed by atoms with Crippen molar-refractivity contribution in [3.8, 4) is 0 Å². The predicted molar refractivity (Wildman–Crippen MR) is 87.5 cm³/mol. The maximum absolute atomic E-state index is 13.2. The molecule has 2 atom stereocenters. The molecule has 1 aromatic heterocycles. The van der Waals surface area contributed by atoms with Crippen LogP contribution in [-0.4, -0.2) is 27.5 Å². The van der Waals surface area contributed by atoms with Gasteiger partial charge in [0.2, 0.25) is 11.8 Å². The van der Waals surface area contributed by atoms with Crippen LogP contribution in [0, 0.1) is 0 Å². The zero-order valence-electron chi connectivity index (χ0n) is 13.6. The van der Waals surface area contributed by atoms with Crippen molar-refractivity contribution >= 4 is 5.91 Å². The maximum atomic E-state index is 13.2. The smallest absolute Gasteiger partial charge is 0.230 e. The lowest BCUT2D eigenvalue weighted by Crippen LogP contribution is -2.34. The van der Waals surface area contributed by atoms with Crippen LogP contribution in [0.4, 0.5) is 0 Å². The first-order chi connectivity index (χ1) is 11.8. The van der Waals surface area contributed by atoms with Crippen LogP contribution >= 0.6 is 0 Å². The number of fused-ring (bicyclic) bond motifs is 1. The van der Waals surface area contributed by atoms with Crippen molar-refractivity contribution in [3.05, 3.63) is 47.1 Å². The van der Waals surface area contributed by atoms with Gasteiger partial charge in [-0.1, -0.05) is 29.4 Å². The van der Waals surface area contributed by atoms with Gasteiger partial charge in [-0.25, -0.2) is 0 Å². The number of aryl methyl sites for hydroxylation is 1. The fourth-order valence-corrected chi connectivity index (χ4v) is 4.19. The molecule has 2 aromatic rings. The van der Waals surface area contributed by atoms with Crippen molar-refractivity contribution in [1.82, 2.24) is 15.0 Å². The molecule has 2 aliphatic carbocycles. The molecule has 0 N–H and O–H groups in total. The Kier molecular flexibility index (Phi) is 3.21. The third-order valence-corrected chi connectivity index (χ3v) is 5.65. The molecule has 3 aliphatic rings. The van der Waals surface area contributed by atoms with Gasteiger partial charge in [0.05, 0.1) is 12.0 Å². The topological polar surface area (TPSA) is 59.2 Å². The van der Waals surface area contributed by atoms with E-state index in [0.29, 0.717) is 11.7 Å². The van der Waals surface area contributed by atoms with Gasteiger partial charge >= 0.3 is 0 Å². The van der Waals surface area contributed by atoms with Gasteiger partial charge in [-0.15, -0.1) is 0 Å².